The Hall–Kier alpha value is -3.32. The van der Waals surface area contributed by atoms with Crippen molar-refractivity contribution in [1.82, 2.24) is 5.16 Å². The standard InChI is InChI=1S/C22H22ClN3O4/c1-4-19(27)24-16-11-9-15(10-12-16)21-20(13(2)26-30-21)25-22(28)29-14(3)17-7-5-6-8-18(17)23/h5-12,14H,4H2,1-3H3,(H,24,27)(H,25,28). The van der Waals surface area contributed by atoms with Crippen LogP contribution in [-0.2, 0) is 9.53 Å². The van der Waals surface area contributed by atoms with Crippen LogP contribution in [0.4, 0.5) is 16.2 Å². The van der Waals surface area contributed by atoms with Crippen molar-refractivity contribution in [2.24, 2.45) is 0 Å². The molecule has 0 aliphatic rings. The zero-order valence-electron chi connectivity index (χ0n) is 16.9. The Bertz CT molecular complexity index is 1050. The van der Waals surface area contributed by atoms with Gasteiger partial charge in [0.1, 0.15) is 17.5 Å². The van der Waals surface area contributed by atoms with Crippen molar-refractivity contribution in [2.45, 2.75) is 33.3 Å². The summed E-state index contributed by atoms with van der Waals surface area (Å²) in [5, 5.41) is 9.95. The molecule has 1 aromatic heterocycles. The first-order chi connectivity index (χ1) is 14.4. The summed E-state index contributed by atoms with van der Waals surface area (Å²) < 4.78 is 10.9. The van der Waals surface area contributed by atoms with Crippen molar-refractivity contribution in [2.75, 3.05) is 10.6 Å². The molecular weight excluding hydrogens is 406 g/mol. The van der Waals surface area contributed by atoms with Gasteiger partial charge >= 0.3 is 6.09 Å². The van der Waals surface area contributed by atoms with Crippen molar-refractivity contribution in [1.29, 1.82) is 0 Å². The predicted molar refractivity (Wildman–Crippen MR) is 116 cm³/mol. The molecule has 2 aromatic carbocycles. The Morgan fingerprint density at radius 1 is 1.13 bits per heavy atom. The highest BCUT2D eigenvalue weighted by Crippen LogP contribution is 2.32. The van der Waals surface area contributed by atoms with Gasteiger partial charge in [-0.1, -0.05) is 41.9 Å². The zero-order valence-corrected chi connectivity index (χ0v) is 17.6. The van der Waals surface area contributed by atoms with Crippen LogP contribution >= 0.6 is 11.6 Å². The van der Waals surface area contributed by atoms with E-state index in [1.54, 1.807) is 57.2 Å². The number of halogens is 1. The van der Waals surface area contributed by atoms with Gasteiger partial charge in [-0.2, -0.15) is 0 Å². The second-order valence-electron chi connectivity index (χ2n) is 6.65. The molecule has 7 nitrogen and oxygen atoms in total. The number of hydrogen-bond acceptors (Lipinski definition) is 5. The number of aryl methyl sites for hydroxylation is 1. The van der Waals surface area contributed by atoms with Gasteiger partial charge < -0.3 is 14.6 Å². The summed E-state index contributed by atoms with van der Waals surface area (Å²) in [5.74, 6) is 0.319. The Labute approximate surface area is 179 Å². The van der Waals surface area contributed by atoms with Crippen LogP contribution in [0.2, 0.25) is 5.02 Å². The summed E-state index contributed by atoms with van der Waals surface area (Å²) in [7, 11) is 0. The molecule has 0 aliphatic heterocycles. The third-order valence-electron chi connectivity index (χ3n) is 4.47. The SMILES string of the molecule is CCC(=O)Nc1ccc(-c2onc(C)c2NC(=O)OC(C)c2ccccc2Cl)cc1. The number of carbonyl (C=O) groups is 2. The van der Waals surface area contributed by atoms with Crippen LogP contribution in [0, 0.1) is 6.92 Å². The molecule has 0 aliphatic carbocycles. The first-order valence-electron chi connectivity index (χ1n) is 9.47. The average molecular weight is 428 g/mol. The maximum atomic E-state index is 12.5. The summed E-state index contributed by atoms with van der Waals surface area (Å²) in [6.45, 7) is 5.24. The van der Waals surface area contributed by atoms with Crippen LogP contribution in [-0.4, -0.2) is 17.2 Å². The molecule has 0 saturated carbocycles. The lowest BCUT2D eigenvalue weighted by Crippen LogP contribution is -2.17. The van der Waals surface area contributed by atoms with Crippen molar-refractivity contribution in [3.05, 3.63) is 64.8 Å². The molecule has 30 heavy (non-hydrogen) atoms. The van der Waals surface area contributed by atoms with Crippen molar-refractivity contribution in [3.8, 4) is 11.3 Å². The quantitative estimate of drug-likeness (QED) is 0.506. The Kier molecular flexibility index (Phi) is 6.74. The molecule has 0 saturated heterocycles. The van der Waals surface area contributed by atoms with Crippen molar-refractivity contribution in [3.63, 3.8) is 0 Å². The average Bonchev–Trinajstić information content (AvgIpc) is 3.08. The van der Waals surface area contributed by atoms with Gasteiger partial charge in [0.05, 0.1) is 0 Å². The van der Waals surface area contributed by atoms with Crippen LogP contribution in [0.1, 0.15) is 37.6 Å². The van der Waals surface area contributed by atoms with Crippen molar-refractivity contribution >= 4 is 35.0 Å². The third kappa shape index (κ3) is 4.99. The van der Waals surface area contributed by atoms with E-state index < -0.39 is 12.2 Å². The molecule has 156 valence electrons. The molecule has 2 N–H and O–H groups in total. The number of aromatic nitrogens is 1. The maximum absolute atomic E-state index is 12.5. The third-order valence-corrected chi connectivity index (χ3v) is 4.81. The van der Waals surface area contributed by atoms with Gasteiger partial charge in [0, 0.05) is 28.3 Å². The second kappa shape index (κ2) is 9.45. The fourth-order valence-electron chi connectivity index (χ4n) is 2.83. The lowest BCUT2D eigenvalue weighted by atomic mass is 10.1. The van der Waals surface area contributed by atoms with E-state index in [1.165, 1.54) is 0 Å². The normalized spacial score (nSPS) is 11.6. The van der Waals surface area contributed by atoms with Crippen LogP contribution in [0.15, 0.2) is 53.1 Å². The minimum absolute atomic E-state index is 0.0731. The van der Waals surface area contributed by atoms with E-state index in [2.05, 4.69) is 15.8 Å². The van der Waals surface area contributed by atoms with Crippen molar-refractivity contribution < 1.29 is 18.8 Å². The molecule has 0 radical (unpaired) electrons. The van der Waals surface area contributed by atoms with Crippen LogP contribution in [0.3, 0.4) is 0 Å². The first-order valence-corrected chi connectivity index (χ1v) is 9.85. The fourth-order valence-corrected chi connectivity index (χ4v) is 3.12. The Balaban J connectivity index is 1.73. The summed E-state index contributed by atoms with van der Waals surface area (Å²) in [4.78, 5) is 24.0. The summed E-state index contributed by atoms with van der Waals surface area (Å²) >= 11 is 6.17. The van der Waals surface area contributed by atoms with Gasteiger partial charge in [0.25, 0.3) is 0 Å². The number of nitrogens with one attached hydrogen (secondary N) is 2. The van der Waals surface area contributed by atoms with E-state index in [0.29, 0.717) is 45.4 Å². The molecule has 3 rings (SSSR count). The molecule has 1 atom stereocenters. The number of ether oxygens (including phenoxy) is 1. The van der Waals surface area contributed by atoms with E-state index in [4.69, 9.17) is 20.9 Å². The minimum Gasteiger partial charge on any atom is -0.441 e. The molecular formula is C22H22ClN3O4. The molecule has 8 heteroatoms. The second-order valence-corrected chi connectivity index (χ2v) is 7.05. The van der Waals surface area contributed by atoms with Crippen LogP contribution in [0.5, 0.6) is 0 Å². The van der Waals surface area contributed by atoms with Gasteiger partial charge in [-0.25, -0.2) is 4.79 Å². The highest BCUT2D eigenvalue weighted by atomic mass is 35.5. The summed E-state index contributed by atoms with van der Waals surface area (Å²) in [5.41, 5.74) is 3.00. The van der Waals surface area contributed by atoms with Crippen LogP contribution < -0.4 is 10.6 Å². The summed E-state index contributed by atoms with van der Waals surface area (Å²) in [6, 6.07) is 14.2. The van der Waals surface area contributed by atoms with E-state index in [-0.39, 0.29) is 5.91 Å². The van der Waals surface area contributed by atoms with Gasteiger partial charge in [-0.3, -0.25) is 10.1 Å². The number of rotatable bonds is 6. The van der Waals surface area contributed by atoms with E-state index >= 15 is 0 Å². The lowest BCUT2D eigenvalue weighted by molar-refractivity contribution is -0.115. The van der Waals surface area contributed by atoms with E-state index in [0.717, 1.165) is 0 Å². The number of carbonyl (C=O) groups excluding carboxylic acids is 2. The van der Waals surface area contributed by atoms with E-state index in [9.17, 15) is 9.59 Å². The Morgan fingerprint density at radius 3 is 2.50 bits per heavy atom. The fraction of sp³-hybridized carbons (Fsp3) is 0.227. The molecule has 0 spiro atoms. The molecule has 1 unspecified atom stereocenters. The minimum atomic E-state index is -0.651. The number of amides is 2. The molecule has 0 fully saturated rings. The topological polar surface area (TPSA) is 93.5 Å². The molecule has 2 amide bonds. The highest BCUT2D eigenvalue weighted by Gasteiger charge is 2.20. The van der Waals surface area contributed by atoms with E-state index in [1.807, 2.05) is 12.1 Å². The predicted octanol–water partition coefficient (Wildman–Crippen LogP) is 5.96. The number of benzene rings is 2. The monoisotopic (exact) mass is 427 g/mol. The number of nitrogens with zero attached hydrogens (tertiary/aromatic N) is 1. The van der Waals surface area contributed by atoms with Crippen LogP contribution in [0.25, 0.3) is 11.3 Å². The largest absolute Gasteiger partial charge is 0.441 e. The zero-order chi connectivity index (χ0) is 21.7. The van der Waals surface area contributed by atoms with Gasteiger partial charge in [0.2, 0.25) is 5.91 Å². The smallest absolute Gasteiger partial charge is 0.412 e. The maximum Gasteiger partial charge on any atom is 0.412 e. The molecule has 1 heterocycles. The Morgan fingerprint density at radius 2 is 1.83 bits per heavy atom. The molecule has 3 aromatic rings. The number of anilines is 2. The van der Waals surface area contributed by atoms with Gasteiger partial charge in [0.15, 0.2) is 5.76 Å². The lowest BCUT2D eigenvalue weighted by Gasteiger charge is -2.15. The van der Waals surface area contributed by atoms with Gasteiger partial charge in [-0.15, -0.1) is 0 Å². The van der Waals surface area contributed by atoms with Gasteiger partial charge in [-0.05, 0) is 44.2 Å². The highest BCUT2D eigenvalue weighted by molar-refractivity contribution is 6.31. The number of hydrogen-bond donors (Lipinski definition) is 2. The molecule has 0 bridgehead atoms. The summed E-state index contributed by atoms with van der Waals surface area (Å²) in [6.07, 6.45) is -0.795. The first kappa shape index (κ1) is 21.4.